The highest BCUT2D eigenvalue weighted by Crippen LogP contribution is 2.26. The lowest BCUT2D eigenvalue weighted by Crippen LogP contribution is -2.03. The van der Waals surface area contributed by atoms with E-state index in [-0.39, 0.29) is 0 Å². The number of methoxy groups -OCH3 is 1. The molecule has 0 aliphatic heterocycles. The number of aryl methyl sites for hydroxylation is 1. The molecule has 0 bridgehead atoms. The zero-order valence-electron chi connectivity index (χ0n) is 13.4. The summed E-state index contributed by atoms with van der Waals surface area (Å²) in [5.41, 5.74) is 1.70. The first-order valence-electron chi connectivity index (χ1n) is 7.19. The third-order valence-electron chi connectivity index (χ3n) is 3.34. The van der Waals surface area contributed by atoms with Gasteiger partial charge in [-0.3, -0.25) is 0 Å². The highest BCUT2D eigenvalue weighted by atomic mass is 35.5. The van der Waals surface area contributed by atoms with Crippen molar-refractivity contribution in [2.45, 2.75) is 20.0 Å². The van der Waals surface area contributed by atoms with Crippen LogP contribution in [0, 0.1) is 6.92 Å². The minimum atomic E-state index is -0.430. The van der Waals surface area contributed by atoms with Crippen molar-refractivity contribution in [2.75, 3.05) is 7.11 Å². The van der Waals surface area contributed by atoms with E-state index in [4.69, 9.17) is 25.6 Å². The van der Waals surface area contributed by atoms with Crippen LogP contribution in [0.25, 0.3) is 11.4 Å². The molecule has 1 atom stereocenters. The second kappa shape index (κ2) is 6.84. The zero-order valence-corrected chi connectivity index (χ0v) is 14.1. The molecule has 3 aromatic rings. The first-order chi connectivity index (χ1) is 11.6. The summed E-state index contributed by atoms with van der Waals surface area (Å²) in [6.45, 7) is 3.74. The fourth-order valence-corrected chi connectivity index (χ4v) is 2.18. The van der Waals surface area contributed by atoms with Crippen molar-refractivity contribution in [3.05, 3.63) is 47.2 Å². The van der Waals surface area contributed by atoms with Crippen molar-refractivity contribution in [2.24, 2.45) is 0 Å². The van der Waals surface area contributed by atoms with E-state index in [1.165, 1.54) is 6.20 Å². The average Bonchev–Trinajstić information content (AvgIpc) is 3.06. The van der Waals surface area contributed by atoms with Crippen LogP contribution in [0.5, 0.6) is 11.6 Å². The van der Waals surface area contributed by atoms with Gasteiger partial charge in [0.1, 0.15) is 10.9 Å². The molecule has 0 saturated carbocycles. The topological polar surface area (TPSA) is 83.2 Å². The van der Waals surface area contributed by atoms with Gasteiger partial charge in [-0.15, -0.1) is 0 Å². The molecular weight excluding hydrogens is 332 g/mol. The van der Waals surface area contributed by atoms with Crippen LogP contribution in [0.15, 0.2) is 35.1 Å². The molecule has 0 fully saturated rings. The maximum atomic E-state index is 5.75. The number of aromatic nitrogens is 4. The molecule has 8 heteroatoms. The van der Waals surface area contributed by atoms with Gasteiger partial charge in [0.2, 0.25) is 11.7 Å². The van der Waals surface area contributed by atoms with Crippen molar-refractivity contribution in [3.63, 3.8) is 0 Å². The molecule has 124 valence electrons. The van der Waals surface area contributed by atoms with Crippen LogP contribution in [-0.4, -0.2) is 27.2 Å². The predicted molar refractivity (Wildman–Crippen MR) is 87.1 cm³/mol. The van der Waals surface area contributed by atoms with E-state index in [9.17, 15) is 0 Å². The summed E-state index contributed by atoms with van der Waals surface area (Å²) in [5, 5.41) is 4.40. The minimum Gasteiger partial charge on any atom is -0.481 e. The SMILES string of the molecule is COc1cc(C)c(-c2noc([C@H](C)Oc3ccc(Cl)nc3)n2)cn1. The maximum Gasteiger partial charge on any atom is 0.267 e. The summed E-state index contributed by atoms with van der Waals surface area (Å²) in [7, 11) is 1.57. The number of nitrogens with zero attached hydrogens (tertiary/aromatic N) is 4. The highest BCUT2D eigenvalue weighted by Gasteiger charge is 2.18. The van der Waals surface area contributed by atoms with Gasteiger partial charge in [0.25, 0.3) is 5.89 Å². The van der Waals surface area contributed by atoms with E-state index in [0.717, 1.165) is 11.1 Å². The number of pyridine rings is 2. The molecule has 0 N–H and O–H groups in total. The van der Waals surface area contributed by atoms with E-state index < -0.39 is 6.10 Å². The first-order valence-corrected chi connectivity index (χ1v) is 7.57. The van der Waals surface area contributed by atoms with Crippen molar-refractivity contribution in [1.82, 2.24) is 20.1 Å². The molecule has 0 aliphatic rings. The molecule has 0 saturated heterocycles. The Morgan fingerprint density at radius 1 is 1.21 bits per heavy atom. The molecule has 24 heavy (non-hydrogen) atoms. The normalized spacial score (nSPS) is 12.0. The molecular formula is C16H15ClN4O3. The molecule has 0 amide bonds. The molecule has 3 rings (SSSR count). The quantitative estimate of drug-likeness (QED) is 0.652. The third-order valence-corrected chi connectivity index (χ3v) is 3.56. The van der Waals surface area contributed by atoms with Gasteiger partial charge in [0.05, 0.1) is 13.3 Å². The molecule has 0 aromatic carbocycles. The van der Waals surface area contributed by atoms with E-state index >= 15 is 0 Å². The molecule has 7 nitrogen and oxygen atoms in total. The Kier molecular flexibility index (Phi) is 4.61. The Morgan fingerprint density at radius 3 is 2.71 bits per heavy atom. The smallest absolute Gasteiger partial charge is 0.267 e. The minimum absolute atomic E-state index is 0.357. The zero-order chi connectivity index (χ0) is 17.1. The molecule has 0 aliphatic carbocycles. The Bertz CT molecular complexity index is 836. The van der Waals surface area contributed by atoms with Gasteiger partial charge < -0.3 is 14.0 Å². The second-order valence-corrected chi connectivity index (χ2v) is 5.46. The van der Waals surface area contributed by atoms with Crippen LogP contribution in [0.3, 0.4) is 0 Å². The fraction of sp³-hybridized carbons (Fsp3) is 0.250. The summed E-state index contributed by atoms with van der Waals surface area (Å²) in [4.78, 5) is 12.5. The average molecular weight is 347 g/mol. The Balaban J connectivity index is 1.78. The molecule has 3 heterocycles. The van der Waals surface area contributed by atoms with E-state index in [1.54, 1.807) is 25.4 Å². The lowest BCUT2D eigenvalue weighted by Gasteiger charge is -2.09. The second-order valence-electron chi connectivity index (χ2n) is 5.07. The molecule has 3 aromatic heterocycles. The molecule has 0 unspecified atom stereocenters. The van der Waals surface area contributed by atoms with Gasteiger partial charge in [-0.2, -0.15) is 4.98 Å². The molecule has 0 radical (unpaired) electrons. The monoisotopic (exact) mass is 346 g/mol. The summed E-state index contributed by atoms with van der Waals surface area (Å²) in [6, 6.07) is 5.18. The van der Waals surface area contributed by atoms with Gasteiger partial charge in [-0.05, 0) is 31.5 Å². The van der Waals surface area contributed by atoms with E-state index in [0.29, 0.717) is 28.5 Å². The Hall–Kier alpha value is -2.67. The number of hydrogen-bond acceptors (Lipinski definition) is 7. The van der Waals surface area contributed by atoms with Gasteiger partial charge >= 0.3 is 0 Å². The number of hydrogen-bond donors (Lipinski definition) is 0. The lowest BCUT2D eigenvalue weighted by molar-refractivity contribution is 0.175. The Labute approximate surface area is 143 Å². The van der Waals surface area contributed by atoms with Crippen LogP contribution in [-0.2, 0) is 0 Å². The van der Waals surface area contributed by atoms with Gasteiger partial charge in [0, 0.05) is 17.8 Å². The van der Waals surface area contributed by atoms with Crippen LogP contribution in [0.2, 0.25) is 5.15 Å². The number of halogens is 1. The van der Waals surface area contributed by atoms with Crippen LogP contribution in [0.4, 0.5) is 0 Å². The van der Waals surface area contributed by atoms with Crippen LogP contribution in [0.1, 0.15) is 24.5 Å². The Morgan fingerprint density at radius 2 is 2.04 bits per heavy atom. The predicted octanol–water partition coefficient (Wildman–Crippen LogP) is 3.64. The first kappa shape index (κ1) is 16.2. The third kappa shape index (κ3) is 3.46. The maximum absolute atomic E-state index is 5.75. The number of ether oxygens (including phenoxy) is 2. The summed E-state index contributed by atoms with van der Waals surface area (Å²) in [5.74, 6) is 1.90. The van der Waals surface area contributed by atoms with Crippen LogP contribution >= 0.6 is 11.6 Å². The highest BCUT2D eigenvalue weighted by molar-refractivity contribution is 6.29. The van der Waals surface area contributed by atoms with Crippen molar-refractivity contribution in [1.29, 1.82) is 0 Å². The van der Waals surface area contributed by atoms with Crippen molar-refractivity contribution in [3.8, 4) is 23.0 Å². The summed E-state index contributed by atoms with van der Waals surface area (Å²) in [6.07, 6.45) is 2.76. The van der Waals surface area contributed by atoms with Gasteiger partial charge in [-0.25, -0.2) is 9.97 Å². The van der Waals surface area contributed by atoms with Crippen LogP contribution < -0.4 is 9.47 Å². The summed E-state index contributed by atoms with van der Waals surface area (Å²) < 4.78 is 16.1. The van der Waals surface area contributed by atoms with E-state index in [2.05, 4.69) is 20.1 Å². The summed E-state index contributed by atoms with van der Waals surface area (Å²) >= 11 is 5.75. The van der Waals surface area contributed by atoms with Crippen molar-refractivity contribution >= 4 is 11.6 Å². The molecule has 0 spiro atoms. The standard InChI is InChI=1S/C16H15ClN4O3/c1-9-6-14(22-3)19-8-12(9)15-20-16(24-21-15)10(2)23-11-4-5-13(17)18-7-11/h4-8,10H,1-3H3/t10-/m0/s1. The number of rotatable bonds is 5. The van der Waals surface area contributed by atoms with E-state index in [1.807, 2.05) is 19.9 Å². The van der Waals surface area contributed by atoms with Gasteiger partial charge in [-0.1, -0.05) is 16.8 Å². The van der Waals surface area contributed by atoms with Gasteiger partial charge in [0.15, 0.2) is 6.10 Å². The largest absolute Gasteiger partial charge is 0.481 e. The van der Waals surface area contributed by atoms with Crippen molar-refractivity contribution < 1.29 is 14.0 Å². The lowest BCUT2D eigenvalue weighted by atomic mass is 10.1. The fourth-order valence-electron chi connectivity index (χ4n) is 2.07.